The summed E-state index contributed by atoms with van der Waals surface area (Å²) in [5, 5.41) is 8.94. The molecule has 0 aliphatic rings. The molecule has 0 aromatic heterocycles. The van der Waals surface area contributed by atoms with Crippen molar-refractivity contribution in [2.75, 3.05) is 26.1 Å². The average molecular weight is 385 g/mol. The Morgan fingerprint density at radius 3 is 2.08 bits per heavy atom. The molecule has 2 rings (SSSR count). The molecule has 0 bridgehead atoms. The zero-order chi connectivity index (χ0) is 19.5. The minimum atomic E-state index is -4.19. The Labute approximate surface area is 149 Å². The number of nitrogens with one attached hydrogen (secondary N) is 1. The van der Waals surface area contributed by atoms with Crippen molar-refractivity contribution in [3.8, 4) is 17.2 Å². The fourth-order valence-corrected chi connectivity index (χ4v) is 3.26. The highest BCUT2D eigenvalue weighted by Crippen LogP contribution is 2.40. The van der Waals surface area contributed by atoms with Gasteiger partial charge in [-0.15, -0.1) is 0 Å². The summed E-state index contributed by atoms with van der Waals surface area (Å²) in [4.78, 5) is 10.6. The number of sulfonamides is 1. The van der Waals surface area contributed by atoms with E-state index in [2.05, 4.69) is 4.72 Å². The van der Waals surface area contributed by atoms with Gasteiger partial charge in [0.25, 0.3) is 10.0 Å². The first-order chi connectivity index (χ1) is 12.2. The molecule has 0 radical (unpaired) electrons. The van der Waals surface area contributed by atoms with Crippen molar-refractivity contribution in [2.24, 2.45) is 0 Å². The second-order valence-electron chi connectivity index (χ2n) is 4.97. The van der Waals surface area contributed by atoms with Gasteiger partial charge in [-0.25, -0.2) is 17.6 Å². The lowest BCUT2D eigenvalue weighted by atomic mass is 10.2. The topological polar surface area (TPSA) is 111 Å². The van der Waals surface area contributed by atoms with E-state index in [1.54, 1.807) is 0 Å². The van der Waals surface area contributed by atoms with Crippen molar-refractivity contribution in [3.63, 3.8) is 0 Å². The number of carboxylic acids is 1. The Morgan fingerprint density at radius 1 is 1.04 bits per heavy atom. The minimum absolute atomic E-state index is 0.0840. The van der Waals surface area contributed by atoms with Gasteiger partial charge in [-0.05, 0) is 18.2 Å². The van der Waals surface area contributed by atoms with Crippen LogP contribution in [-0.2, 0) is 10.0 Å². The standard InChI is InChI=1S/C16H16FNO7S/c1-23-13-6-9(7-14(24-2)15(13)25-3)18-26(21,22)10-4-5-12(17)11(8-10)16(19)20/h4-8,18H,1-3H3,(H,19,20). The predicted octanol–water partition coefficient (Wildman–Crippen LogP) is 2.35. The number of aromatic carboxylic acids is 1. The summed E-state index contributed by atoms with van der Waals surface area (Å²) in [5.74, 6) is -1.91. The Kier molecular flexibility index (Phi) is 5.56. The Morgan fingerprint density at radius 2 is 1.62 bits per heavy atom. The number of carboxylic acid groups (broad SMARTS) is 1. The lowest BCUT2D eigenvalue weighted by Crippen LogP contribution is -2.14. The summed E-state index contributed by atoms with van der Waals surface area (Å²) in [5.41, 5.74) is -0.668. The van der Waals surface area contributed by atoms with Crippen LogP contribution in [0.5, 0.6) is 17.2 Å². The average Bonchev–Trinajstić information content (AvgIpc) is 2.60. The van der Waals surface area contributed by atoms with E-state index in [4.69, 9.17) is 19.3 Å². The van der Waals surface area contributed by atoms with Crippen molar-refractivity contribution < 1.29 is 36.9 Å². The van der Waals surface area contributed by atoms with Crippen molar-refractivity contribution in [3.05, 3.63) is 41.7 Å². The maximum Gasteiger partial charge on any atom is 0.338 e. The van der Waals surface area contributed by atoms with Crippen LogP contribution in [0.1, 0.15) is 10.4 Å². The molecule has 0 spiro atoms. The molecule has 0 saturated carbocycles. The molecule has 2 aromatic carbocycles. The van der Waals surface area contributed by atoms with Gasteiger partial charge in [-0.2, -0.15) is 0 Å². The van der Waals surface area contributed by atoms with Crippen LogP contribution in [0.2, 0.25) is 0 Å². The first-order valence-corrected chi connectivity index (χ1v) is 8.57. The molecule has 2 N–H and O–H groups in total. The molecular formula is C16H16FNO7S. The molecule has 0 unspecified atom stereocenters. The molecule has 0 saturated heterocycles. The van der Waals surface area contributed by atoms with E-state index in [1.807, 2.05) is 0 Å². The van der Waals surface area contributed by atoms with Gasteiger partial charge in [0.05, 0.1) is 37.5 Å². The van der Waals surface area contributed by atoms with Crippen molar-refractivity contribution in [2.45, 2.75) is 4.90 Å². The SMILES string of the molecule is COc1cc(NS(=O)(=O)c2ccc(F)c(C(=O)O)c2)cc(OC)c1OC. The van der Waals surface area contributed by atoms with Gasteiger partial charge in [-0.1, -0.05) is 0 Å². The van der Waals surface area contributed by atoms with Crippen LogP contribution in [0.3, 0.4) is 0 Å². The van der Waals surface area contributed by atoms with Gasteiger partial charge in [0.1, 0.15) is 5.82 Å². The van der Waals surface area contributed by atoms with Crippen molar-refractivity contribution >= 4 is 21.7 Å². The number of hydrogen-bond acceptors (Lipinski definition) is 6. The number of methoxy groups -OCH3 is 3. The van der Waals surface area contributed by atoms with Gasteiger partial charge < -0.3 is 19.3 Å². The molecule has 8 nitrogen and oxygen atoms in total. The maximum absolute atomic E-state index is 13.5. The molecule has 0 atom stereocenters. The van der Waals surface area contributed by atoms with Gasteiger partial charge in [0, 0.05) is 12.1 Å². The monoisotopic (exact) mass is 385 g/mol. The van der Waals surface area contributed by atoms with Gasteiger partial charge in [-0.3, -0.25) is 4.72 Å². The van der Waals surface area contributed by atoms with Gasteiger partial charge in [0.15, 0.2) is 11.5 Å². The Bertz CT molecular complexity index is 919. The van der Waals surface area contributed by atoms with Crippen LogP contribution in [0.15, 0.2) is 35.2 Å². The smallest absolute Gasteiger partial charge is 0.338 e. The number of hydrogen-bond donors (Lipinski definition) is 2. The Balaban J connectivity index is 2.47. The summed E-state index contributed by atoms with van der Waals surface area (Å²) in [6, 6.07) is 5.19. The van der Waals surface area contributed by atoms with Crippen LogP contribution in [0, 0.1) is 5.82 Å². The fraction of sp³-hybridized carbons (Fsp3) is 0.188. The van der Waals surface area contributed by atoms with E-state index in [1.165, 1.54) is 33.5 Å². The normalized spacial score (nSPS) is 10.9. The summed E-state index contributed by atoms with van der Waals surface area (Å²) in [6.45, 7) is 0. The summed E-state index contributed by atoms with van der Waals surface area (Å²) in [7, 11) is -0.0491. The van der Waals surface area contributed by atoms with Crippen molar-refractivity contribution in [1.82, 2.24) is 0 Å². The molecule has 140 valence electrons. The van der Waals surface area contributed by atoms with Gasteiger partial charge in [0.2, 0.25) is 5.75 Å². The number of anilines is 1. The number of ether oxygens (including phenoxy) is 3. The van der Waals surface area contributed by atoms with Crippen LogP contribution in [0.25, 0.3) is 0 Å². The first-order valence-electron chi connectivity index (χ1n) is 7.09. The molecule has 2 aromatic rings. The second kappa shape index (κ2) is 7.48. The largest absolute Gasteiger partial charge is 0.493 e. The number of benzene rings is 2. The van der Waals surface area contributed by atoms with Crippen LogP contribution in [0.4, 0.5) is 10.1 Å². The molecular weight excluding hydrogens is 369 g/mol. The molecule has 0 heterocycles. The molecule has 0 amide bonds. The highest BCUT2D eigenvalue weighted by Gasteiger charge is 2.21. The third kappa shape index (κ3) is 3.80. The summed E-state index contributed by atoms with van der Waals surface area (Å²) >= 11 is 0. The third-order valence-corrected chi connectivity index (χ3v) is 4.77. The zero-order valence-electron chi connectivity index (χ0n) is 14.1. The van der Waals surface area contributed by atoms with E-state index in [9.17, 15) is 17.6 Å². The first kappa shape index (κ1) is 19.3. The molecule has 26 heavy (non-hydrogen) atoms. The summed E-state index contributed by atoms with van der Waals surface area (Å²) in [6.07, 6.45) is 0. The zero-order valence-corrected chi connectivity index (χ0v) is 14.9. The van der Waals surface area contributed by atoms with E-state index >= 15 is 0 Å². The predicted molar refractivity (Wildman–Crippen MR) is 90.3 cm³/mol. The lowest BCUT2D eigenvalue weighted by Gasteiger charge is -2.15. The molecule has 0 fully saturated rings. The second-order valence-corrected chi connectivity index (χ2v) is 6.65. The summed E-state index contributed by atoms with van der Waals surface area (Å²) < 4.78 is 56.2. The van der Waals surface area contributed by atoms with E-state index < -0.39 is 32.3 Å². The lowest BCUT2D eigenvalue weighted by molar-refractivity contribution is 0.0691. The van der Waals surface area contributed by atoms with Crippen LogP contribution >= 0.6 is 0 Å². The maximum atomic E-state index is 13.5. The Hall–Kier alpha value is -3.01. The van der Waals surface area contributed by atoms with Crippen LogP contribution < -0.4 is 18.9 Å². The van der Waals surface area contributed by atoms with Gasteiger partial charge >= 0.3 is 5.97 Å². The highest BCUT2D eigenvalue weighted by atomic mass is 32.2. The van der Waals surface area contributed by atoms with Crippen LogP contribution in [-0.4, -0.2) is 40.8 Å². The number of carbonyl (C=O) groups is 1. The van der Waals surface area contributed by atoms with E-state index in [0.717, 1.165) is 18.2 Å². The number of rotatable bonds is 7. The molecule has 0 aliphatic carbocycles. The minimum Gasteiger partial charge on any atom is -0.493 e. The van der Waals surface area contributed by atoms with E-state index in [-0.39, 0.29) is 22.9 Å². The third-order valence-electron chi connectivity index (χ3n) is 3.40. The fourth-order valence-electron chi connectivity index (χ4n) is 2.19. The van der Waals surface area contributed by atoms with Crippen molar-refractivity contribution in [1.29, 1.82) is 0 Å². The molecule has 10 heteroatoms. The highest BCUT2D eigenvalue weighted by molar-refractivity contribution is 7.92. The van der Waals surface area contributed by atoms with E-state index in [0.29, 0.717) is 0 Å². The quantitative estimate of drug-likeness (QED) is 0.752. The number of halogens is 1. The molecule has 0 aliphatic heterocycles.